The molecule has 0 aliphatic carbocycles. The lowest BCUT2D eigenvalue weighted by Crippen LogP contribution is -2.02. The zero-order valence-electron chi connectivity index (χ0n) is 12.1. The van der Waals surface area contributed by atoms with Gasteiger partial charge in [0.25, 0.3) is 0 Å². The van der Waals surface area contributed by atoms with Crippen LogP contribution in [-0.2, 0) is 4.74 Å². The molecule has 0 atom stereocenters. The number of ether oxygens (including phenoxy) is 1. The van der Waals surface area contributed by atoms with Crippen LogP contribution < -0.4 is 0 Å². The van der Waals surface area contributed by atoms with Crippen molar-refractivity contribution in [3.63, 3.8) is 0 Å². The minimum atomic E-state index is -0.381. The first-order valence-electron chi connectivity index (χ1n) is 6.33. The Labute approximate surface area is 111 Å². The minimum absolute atomic E-state index is 0.348. The fourth-order valence-corrected chi connectivity index (χ4v) is 0.972. The Morgan fingerprint density at radius 3 is 2.06 bits per heavy atom. The summed E-state index contributed by atoms with van der Waals surface area (Å²) < 4.78 is 4.96. The van der Waals surface area contributed by atoms with E-state index in [1.165, 1.54) is 0 Å². The summed E-state index contributed by atoms with van der Waals surface area (Å²) >= 11 is 0. The van der Waals surface area contributed by atoms with Gasteiger partial charge in [0.15, 0.2) is 0 Å². The molecule has 1 aromatic rings. The number of benzene rings is 1. The van der Waals surface area contributed by atoms with E-state index in [-0.39, 0.29) is 5.97 Å². The van der Waals surface area contributed by atoms with Crippen LogP contribution in [-0.4, -0.2) is 5.97 Å². The fraction of sp³-hybridized carbons (Fsp3) is 0.312. The van der Waals surface area contributed by atoms with Gasteiger partial charge in [0.2, 0.25) is 0 Å². The molecule has 0 aliphatic heterocycles. The molecule has 0 spiro atoms. The topological polar surface area (TPSA) is 26.3 Å². The fourth-order valence-electron chi connectivity index (χ4n) is 0.972. The molecule has 0 aliphatic rings. The zero-order chi connectivity index (χ0) is 14.4. The van der Waals surface area contributed by atoms with E-state index in [2.05, 4.69) is 6.58 Å². The van der Waals surface area contributed by atoms with Crippen LogP contribution in [0.2, 0.25) is 0 Å². The third-order valence-electron chi connectivity index (χ3n) is 1.59. The van der Waals surface area contributed by atoms with Crippen LogP contribution in [0, 0.1) is 0 Å². The summed E-state index contributed by atoms with van der Waals surface area (Å²) in [5.74, 6) is -0.0324. The monoisotopic (exact) mass is 248 g/mol. The van der Waals surface area contributed by atoms with Crippen molar-refractivity contribution in [1.82, 2.24) is 0 Å². The Hall–Kier alpha value is -1.83. The first-order chi connectivity index (χ1) is 8.74. The maximum absolute atomic E-state index is 11.4. The SMILES string of the molecule is C=C(/C=C\C)OC(=O)c1ccccc1.CC.CC. The van der Waals surface area contributed by atoms with Gasteiger partial charge in [-0.2, -0.15) is 0 Å². The molecule has 0 N–H and O–H groups in total. The predicted octanol–water partition coefficient (Wildman–Crippen LogP) is 4.99. The van der Waals surface area contributed by atoms with E-state index >= 15 is 0 Å². The molecule has 0 fully saturated rings. The highest BCUT2D eigenvalue weighted by Crippen LogP contribution is 2.05. The lowest BCUT2D eigenvalue weighted by Gasteiger charge is -2.02. The number of hydrogen-bond donors (Lipinski definition) is 0. The Bertz CT molecular complexity index is 351. The number of carbonyl (C=O) groups excluding carboxylic acids is 1. The van der Waals surface area contributed by atoms with E-state index in [9.17, 15) is 4.79 Å². The van der Waals surface area contributed by atoms with Crippen LogP contribution in [0.4, 0.5) is 0 Å². The first kappa shape index (κ1) is 18.5. The highest BCUT2D eigenvalue weighted by Gasteiger charge is 2.05. The van der Waals surface area contributed by atoms with Crippen LogP contribution >= 0.6 is 0 Å². The minimum Gasteiger partial charge on any atom is -0.424 e. The van der Waals surface area contributed by atoms with E-state index in [0.717, 1.165) is 0 Å². The molecule has 100 valence electrons. The average Bonchev–Trinajstić information content (AvgIpc) is 2.44. The number of rotatable bonds is 3. The maximum Gasteiger partial charge on any atom is 0.343 e. The molecule has 1 rings (SSSR count). The third-order valence-corrected chi connectivity index (χ3v) is 1.59. The van der Waals surface area contributed by atoms with Gasteiger partial charge >= 0.3 is 5.97 Å². The first-order valence-corrected chi connectivity index (χ1v) is 6.33. The molecule has 0 aromatic heterocycles. The van der Waals surface area contributed by atoms with Gasteiger partial charge in [0.1, 0.15) is 5.76 Å². The number of esters is 1. The number of carbonyl (C=O) groups is 1. The Balaban J connectivity index is 0. The normalized spacial score (nSPS) is 8.50. The van der Waals surface area contributed by atoms with E-state index < -0.39 is 0 Å². The van der Waals surface area contributed by atoms with E-state index in [0.29, 0.717) is 11.3 Å². The zero-order valence-corrected chi connectivity index (χ0v) is 12.1. The van der Waals surface area contributed by atoms with Crippen LogP contribution in [0.25, 0.3) is 0 Å². The Kier molecular flexibility index (Phi) is 13.6. The number of hydrogen-bond acceptors (Lipinski definition) is 2. The summed E-state index contributed by atoms with van der Waals surface area (Å²) in [5.41, 5.74) is 0.526. The highest BCUT2D eigenvalue weighted by molar-refractivity contribution is 5.90. The second kappa shape index (κ2) is 13.2. The second-order valence-electron chi connectivity index (χ2n) is 2.72. The molecular weight excluding hydrogens is 224 g/mol. The van der Waals surface area contributed by atoms with Gasteiger partial charge in [-0.15, -0.1) is 0 Å². The van der Waals surface area contributed by atoms with E-state index in [1.54, 1.807) is 36.4 Å². The van der Waals surface area contributed by atoms with Gasteiger partial charge in [0, 0.05) is 0 Å². The van der Waals surface area contributed by atoms with Gasteiger partial charge in [0.05, 0.1) is 5.56 Å². The van der Waals surface area contributed by atoms with Crippen molar-refractivity contribution < 1.29 is 9.53 Å². The standard InChI is InChI=1S/C12H12O2.2C2H6/c1-3-7-10(2)14-12(13)11-8-5-4-6-9-11;2*1-2/h3-9H,2H2,1H3;2*1-2H3/b7-3-;;. The molecule has 0 unspecified atom stereocenters. The molecule has 0 bridgehead atoms. The quantitative estimate of drug-likeness (QED) is 0.428. The van der Waals surface area contributed by atoms with Crippen molar-refractivity contribution in [2.75, 3.05) is 0 Å². The second-order valence-corrected chi connectivity index (χ2v) is 2.72. The van der Waals surface area contributed by atoms with Crippen LogP contribution in [0.1, 0.15) is 45.0 Å². The van der Waals surface area contributed by atoms with Crippen molar-refractivity contribution in [1.29, 1.82) is 0 Å². The molecule has 0 radical (unpaired) electrons. The smallest absolute Gasteiger partial charge is 0.343 e. The van der Waals surface area contributed by atoms with Gasteiger partial charge in [-0.05, 0) is 25.1 Å². The molecule has 2 heteroatoms. The molecule has 0 saturated heterocycles. The summed E-state index contributed by atoms with van der Waals surface area (Å²) in [6.45, 7) is 13.4. The van der Waals surface area contributed by atoms with Crippen molar-refractivity contribution in [2.45, 2.75) is 34.6 Å². The highest BCUT2D eigenvalue weighted by atomic mass is 16.5. The van der Waals surface area contributed by atoms with E-state index in [4.69, 9.17) is 4.74 Å². The van der Waals surface area contributed by atoms with Crippen molar-refractivity contribution >= 4 is 5.97 Å². The van der Waals surface area contributed by atoms with Crippen molar-refractivity contribution in [2.24, 2.45) is 0 Å². The summed E-state index contributed by atoms with van der Waals surface area (Å²) in [4.78, 5) is 11.4. The molecule has 1 aromatic carbocycles. The van der Waals surface area contributed by atoms with Gasteiger partial charge in [-0.25, -0.2) is 4.79 Å². The third kappa shape index (κ3) is 8.34. The summed E-state index contributed by atoms with van der Waals surface area (Å²) in [5, 5.41) is 0. The van der Waals surface area contributed by atoms with Gasteiger partial charge < -0.3 is 4.74 Å². The summed E-state index contributed by atoms with van der Waals surface area (Å²) in [7, 11) is 0. The average molecular weight is 248 g/mol. The molecule has 0 heterocycles. The van der Waals surface area contributed by atoms with Crippen LogP contribution in [0.5, 0.6) is 0 Å². The van der Waals surface area contributed by atoms with Crippen LogP contribution in [0.15, 0.2) is 54.8 Å². The lowest BCUT2D eigenvalue weighted by molar-refractivity contribution is 0.0638. The van der Waals surface area contributed by atoms with Crippen LogP contribution in [0.3, 0.4) is 0 Å². The molecule has 0 amide bonds. The molecule has 18 heavy (non-hydrogen) atoms. The largest absolute Gasteiger partial charge is 0.424 e. The molecular formula is C16H24O2. The molecule has 2 nitrogen and oxygen atoms in total. The Morgan fingerprint density at radius 2 is 1.61 bits per heavy atom. The van der Waals surface area contributed by atoms with Gasteiger partial charge in [-0.3, -0.25) is 0 Å². The predicted molar refractivity (Wildman–Crippen MR) is 78.5 cm³/mol. The van der Waals surface area contributed by atoms with Crippen molar-refractivity contribution in [3.8, 4) is 0 Å². The lowest BCUT2D eigenvalue weighted by atomic mass is 10.2. The molecule has 0 saturated carbocycles. The van der Waals surface area contributed by atoms with E-state index in [1.807, 2.05) is 40.7 Å². The number of allylic oxidation sites excluding steroid dienone is 2. The summed E-state index contributed by atoms with van der Waals surface area (Å²) in [6, 6.07) is 8.82. The maximum atomic E-state index is 11.4. The van der Waals surface area contributed by atoms with Crippen molar-refractivity contribution in [3.05, 3.63) is 60.4 Å². The summed E-state index contributed by atoms with van der Waals surface area (Å²) in [6.07, 6.45) is 3.40. The Morgan fingerprint density at radius 1 is 1.11 bits per heavy atom. The van der Waals surface area contributed by atoms with Gasteiger partial charge in [-0.1, -0.05) is 58.5 Å².